The molecule has 1 N–H and O–H groups in total. The van der Waals surface area contributed by atoms with Crippen LogP contribution >= 0.6 is 0 Å². The van der Waals surface area contributed by atoms with Crippen molar-refractivity contribution in [1.82, 2.24) is 0 Å². The molecule has 0 radical (unpaired) electrons. The van der Waals surface area contributed by atoms with Crippen LogP contribution in [0.1, 0.15) is 25.7 Å². The van der Waals surface area contributed by atoms with Gasteiger partial charge in [-0.25, -0.2) is 4.79 Å². The van der Waals surface area contributed by atoms with Gasteiger partial charge in [-0.3, -0.25) is 4.90 Å². The van der Waals surface area contributed by atoms with E-state index in [2.05, 4.69) is 0 Å². The van der Waals surface area contributed by atoms with Crippen LogP contribution in [0.2, 0.25) is 0 Å². The number of hydrogen-bond acceptors (Lipinski definition) is 3. The third-order valence-electron chi connectivity index (χ3n) is 3.82. The molecule has 0 aromatic heterocycles. The normalized spacial score (nSPS) is 22.1. The zero-order valence-corrected chi connectivity index (χ0v) is 9.56. The topological polar surface area (TPSA) is 49.8 Å². The van der Waals surface area contributed by atoms with Gasteiger partial charge in [-0.2, -0.15) is 0 Å². The van der Waals surface area contributed by atoms with Crippen LogP contribution in [0.15, 0.2) is 24.3 Å². The Morgan fingerprint density at radius 1 is 1.29 bits per heavy atom. The summed E-state index contributed by atoms with van der Waals surface area (Å²) in [5, 5.41) is 9.51. The van der Waals surface area contributed by atoms with Gasteiger partial charge in [-0.15, -0.1) is 0 Å². The summed E-state index contributed by atoms with van der Waals surface area (Å²) in [7, 11) is 0. The number of nitrogens with zero attached hydrogens (tertiary/aromatic N) is 1. The lowest BCUT2D eigenvalue weighted by Gasteiger charge is -2.52. The second kappa shape index (κ2) is 3.65. The van der Waals surface area contributed by atoms with Gasteiger partial charge in [-0.05, 0) is 31.4 Å². The zero-order chi connectivity index (χ0) is 11.9. The lowest BCUT2D eigenvalue weighted by Crippen LogP contribution is -2.60. The number of phenols is 1. The molecule has 3 rings (SSSR count). The van der Waals surface area contributed by atoms with E-state index in [4.69, 9.17) is 4.74 Å². The maximum absolute atomic E-state index is 11.9. The summed E-state index contributed by atoms with van der Waals surface area (Å²) in [5.41, 5.74) is 0.665. The van der Waals surface area contributed by atoms with E-state index in [1.165, 1.54) is 0 Å². The van der Waals surface area contributed by atoms with E-state index in [1.54, 1.807) is 23.1 Å². The van der Waals surface area contributed by atoms with E-state index in [0.29, 0.717) is 6.61 Å². The molecule has 17 heavy (non-hydrogen) atoms. The highest BCUT2D eigenvalue weighted by atomic mass is 16.6. The molecule has 1 aromatic rings. The number of ether oxygens (including phenoxy) is 1. The highest BCUT2D eigenvalue weighted by Gasteiger charge is 2.48. The third kappa shape index (κ3) is 1.55. The van der Waals surface area contributed by atoms with Gasteiger partial charge < -0.3 is 9.84 Å². The second-order valence-electron chi connectivity index (χ2n) is 4.80. The molecule has 1 heterocycles. The van der Waals surface area contributed by atoms with Crippen LogP contribution in [0.5, 0.6) is 5.75 Å². The molecule has 0 unspecified atom stereocenters. The molecule has 0 bridgehead atoms. The highest BCUT2D eigenvalue weighted by molar-refractivity contribution is 5.90. The van der Waals surface area contributed by atoms with Crippen molar-refractivity contribution in [3.8, 4) is 5.75 Å². The molecule has 1 aliphatic carbocycles. The van der Waals surface area contributed by atoms with Crippen LogP contribution in [0.25, 0.3) is 0 Å². The largest absolute Gasteiger partial charge is 0.508 e. The van der Waals surface area contributed by atoms with Gasteiger partial charge in [0, 0.05) is 12.5 Å². The Bertz CT molecular complexity index is 454. The Labute approximate surface area is 99.8 Å². The Kier molecular flexibility index (Phi) is 2.24. The van der Waals surface area contributed by atoms with Gasteiger partial charge in [-0.1, -0.05) is 6.07 Å². The fourth-order valence-corrected chi connectivity index (χ4v) is 2.77. The molecule has 1 saturated heterocycles. The number of carbonyl (C=O) groups is 1. The second-order valence-corrected chi connectivity index (χ2v) is 4.80. The van der Waals surface area contributed by atoms with E-state index < -0.39 is 0 Å². The molecule has 0 atom stereocenters. The Morgan fingerprint density at radius 2 is 2.12 bits per heavy atom. The number of rotatable bonds is 1. The monoisotopic (exact) mass is 233 g/mol. The van der Waals surface area contributed by atoms with E-state index in [9.17, 15) is 9.90 Å². The first-order valence-corrected chi connectivity index (χ1v) is 5.97. The standard InChI is InChI=1S/C13H15NO3/c15-11-4-1-3-10(9-11)14-12(16)17-8-7-13(14)5-2-6-13/h1,3-4,9,15H,2,5-8H2. The zero-order valence-electron chi connectivity index (χ0n) is 9.56. The number of cyclic esters (lactones) is 1. The van der Waals surface area contributed by atoms with Crippen LogP contribution in [0.4, 0.5) is 10.5 Å². The summed E-state index contributed by atoms with van der Waals surface area (Å²) in [6, 6.07) is 6.81. The predicted molar refractivity (Wildman–Crippen MR) is 63.1 cm³/mol. The lowest BCUT2D eigenvalue weighted by atomic mass is 9.72. The van der Waals surface area contributed by atoms with Crippen molar-refractivity contribution in [3.63, 3.8) is 0 Å². The minimum atomic E-state index is -0.290. The van der Waals surface area contributed by atoms with Gasteiger partial charge >= 0.3 is 6.09 Å². The molecular formula is C13H15NO3. The Morgan fingerprint density at radius 3 is 2.76 bits per heavy atom. The first kappa shape index (κ1) is 10.4. The predicted octanol–water partition coefficient (Wildman–Crippen LogP) is 2.66. The molecule has 1 amide bonds. The quantitative estimate of drug-likeness (QED) is 0.811. The first-order chi connectivity index (χ1) is 8.21. The minimum Gasteiger partial charge on any atom is -0.508 e. The molecule has 4 nitrogen and oxygen atoms in total. The summed E-state index contributed by atoms with van der Waals surface area (Å²) in [5.74, 6) is 0.176. The number of carbonyl (C=O) groups excluding carboxylic acids is 1. The molecule has 2 aliphatic rings. The SMILES string of the molecule is O=C1OCCC2(CCC2)N1c1cccc(O)c1. The maximum Gasteiger partial charge on any atom is 0.414 e. The van der Waals surface area contributed by atoms with Crippen molar-refractivity contribution < 1.29 is 14.6 Å². The number of hydrogen-bond donors (Lipinski definition) is 1. The Hall–Kier alpha value is -1.71. The van der Waals surface area contributed by atoms with Crippen molar-refractivity contribution in [2.45, 2.75) is 31.2 Å². The average Bonchev–Trinajstić information content (AvgIpc) is 2.26. The van der Waals surface area contributed by atoms with Crippen LogP contribution in [0.3, 0.4) is 0 Å². The lowest BCUT2D eigenvalue weighted by molar-refractivity contribution is 0.0778. The molecule has 4 heteroatoms. The average molecular weight is 233 g/mol. The smallest absolute Gasteiger partial charge is 0.414 e. The van der Waals surface area contributed by atoms with E-state index in [-0.39, 0.29) is 17.4 Å². The summed E-state index contributed by atoms with van der Waals surface area (Å²) in [6.07, 6.45) is 3.80. The van der Waals surface area contributed by atoms with Crippen molar-refractivity contribution in [2.75, 3.05) is 11.5 Å². The summed E-state index contributed by atoms with van der Waals surface area (Å²) >= 11 is 0. The first-order valence-electron chi connectivity index (χ1n) is 5.97. The van der Waals surface area contributed by atoms with Crippen LogP contribution in [-0.4, -0.2) is 23.3 Å². The molecule has 1 aromatic carbocycles. The highest BCUT2D eigenvalue weighted by Crippen LogP contribution is 2.45. The van der Waals surface area contributed by atoms with Gasteiger partial charge in [0.2, 0.25) is 0 Å². The van der Waals surface area contributed by atoms with Crippen molar-refractivity contribution in [2.24, 2.45) is 0 Å². The third-order valence-corrected chi connectivity index (χ3v) is 3.82. The van der Waals surface area contributed by atoms with Crippen molar-refractivity contribution in [3.05, 3.63) is 24.3 Å². The van der Waals surface area contributed by atoms with Crippen molar-refractivity contribution >= 4 is 11.8 Å². The number of benzene rings is 1. The fourth-order valence-electron chi connectivity index (χ4n) is 2.77. The van der Waals surface area contributed by atoms with Gasteiger partial charge in [0.15, 0.2) is 0 Å². The minimum absolute atomic E-state index is 0.0663. The summed E-state index contributed by atoms with van der Waals surface area (Å²) in [4.78, 5) is 13.7. The number of phenolic OH excluding ortho intramolecular Hbond substituents is 1. The van der Waals surface area contributed by atoms with Crippen LogP contribution in [0, 0.1) is 0 Å². The number of amides is 1. The molecule has 1 spiro atoms. The summed E-state index contributed by atoms with van der Waals surface area (Å²) < 4.78 is 5.12. The van der Waals surface area contributed by atoms with Crippen LogP contribution in [-0.2, 0) is 4.74 Å². The Balaban J connectivity index is 2.00. The van der Waals surface area contributed by atoms with Gasteiger partial charge in [0.1, 0.15) is 5.75 Å². The van der Waals surface area contributed by atoms with Gasteiger partial charge in [0.05, 0.1) is 17.8 Å². The number of anilines is 1. The van der Waals surface area contributed by atoms with Crippen molar-refractivity contribution in [1.29, 1.82) is 0 Å². The molecule has 90 valence electrons. The van der Waals surface area contributed by atoms with Crippen LogP contribution < -0.4 is 4.90 Å². The van der Waals surface area contributed by atoms with E-state index >= 15 is 0 Å². The fraction of sp³-hybridized carbons (Fsp3) is 0.462. The summed E-state index contributed by atoms with van der Waals surface area (Å²) in [6.45, 7) is 0.508. The molecule has 2 fully saturated rings. The number of aromatic hydroxyl groups is 1. The maximum atomic E-state index is 11.9. The van der Waals surface area contributed by atoms with Gasteiger partial charge in [0.25, 0.3) is 0 Å². The molecule has 1 aliphatic heterocycles. The molecule has 1 saturated carbocycles. The molecular weight excluding hydrogens is 218 g/mol. The van der Waals surface area contributed by atoms with E-state index in [1.807, 2.05) is 6.07 Å². The van der Waals surface area contributed by atoms with E-state index in [0.717, 1.165) is 31.4 Å².